The predicted octanol–water partition coefficient (Wildman–Crippen LogP) is 0.0991. The Labute approximate surface area is 60.3 Å². The van der Waals surface area contributed by atoms with Crippen molar-refractivity contribution in [2.75, 3.05) is 12.5 Å². The van der Waals surface area contributed by atoms with Crippen molar-refractivity contribution in [3.05, 3.63) is 0 Å². The summed E-state index contributed by atoms with van der Waals surface area (Å²) in [6.45, 7) is 3.67. The molecule has 0 unspecified atom stereocenters. The Balaban J connectivity index is 2.75. The summed E-state index contributed by atoms with van der Waals surface area (Å²) in [4.78, 5) is 0. The summed E-state index contributed by atoms with van der Waals surface area (Å²) in [5.41, 5.74) is -0.697. The van der Waals surface area contributed by atoms with Crippen LogP contribution in [-0.2, 0) is 19.0 Å². The van der Waals surface area contributed by atoms with E-state index in [2.05, 4.69) is 0 Å². The van der Waals surface area contributed by atoms with Crippen molar-refractivity contribution in [2.45, 2.75) is 19.4 Å². The first-order chi connectivity index (χ1) is 4.41. The molecule has 0 amide bonds. The van der Waals surface area contributed by atoms with Crippen molar-refractivity contribution < 1.29 is 17.3 Å². The molecule has 1 rings (SSSR count). The Morgan fingerprint density at radius 3 is 2.30 bits per heavy atom. The third-order valence-electron chi connectivity index (χ3n) is 1.03. The van der Waals surface area contributed by atoms with Crippen LogP contribution in [0.25, 0.3) is 0 Å². The summed E-state index contributed by atoms with van der Waals surface area (Å²) < 4.78 is 30.9. The fourth-order valence-electron chi connectivity index (χ4n) is 0.781. The number of rotatable bonds is 0. The lowest BCUT2D eigenvalue weighted by Crippen LogP contribution is -2.40. The molecule has 0 bridgehead atoms. The van der Waals surface area contributed by atoms with Gasteiger partial charge in [-0.15, -0.1) is 0 Å². The lowest BCUT2D eigenvalue weighted by atomic mass is 10.2. The van der Waals surface area contributed by atoms with E-state index in [9.17, 15) is 8.42 Å². The van der Waals surface area contributed by atoms with E-state index in [-0.39, 0.29) is 5.94 Å². The van der Waals surface area contributed by atoms with Crippen molar-refractivity contribution >= 4 is 10.1 Å². The van der Waals surface area contributed by atoms with Crippen LogP contribution >= 0.6 is 0 Å². The van der Waals surface area contributed by atoms with Crippen LogP contribution in [0.4, 0.5) is 0 Å². The van der Waals surface area contributed by atoms with Crippen molar-refractivity contribution in [1.82, 2.24) is 0 Å². The molecule has 4 nitrogen and oxygen atoms in total. The Hall–Kier alpha value is -0.130. The molecule has 0 saturated carbocycles. The summed E-state index contributed by atoms with van der Waals surface area (Å²) in [7, 11) is -3.41. The zero-order valence-corrected chi connectivity index (χ0v) is 6.77. The van der Waals surface area contributed by atoms with Crippen LogP contribution in [0.1, 0.15) is 13.8 Å². The molecule has 0 radical (unpaired) electrons. The summed E-state index contributed by atoms with van der Waals surface area (Å²) in [5.74, 6) is -0.323. The Morgan fingerprint density at radius 2 is 2.00 bits per heavy atom. The molecule has 1 aliphatic heterocycles. The van der Waals surface area contributed by atoms with Crippen molar-refractivity contribution in [2.24, 2.45) is 0 Å². The van der Waals surface area contributed by atoms with Crippen LogP contribution in [0.15, 0.2) is 0 Å². The standard InChI is InChI=1S/C5H10O4S/c1-5(2)3-8-4-10(6,7)9-5/h3-4H2,1-2H3. The van der Waals surface area contributed by atoms with E-state index in [0.717, 1.165) is 0 Å². The minimum atomic E-state index is -3.41. The molecule has 1 aliphatic rings. The van der Waals surface area contributed by atoms with Gasteiger partial charge in [-0.3, -0.25) is 4.18 Å². The highest BCUT2D eigenvalue weighted by Crippen LogP contribution is 2.18. The topological polar surface area (TPSA) is 52.6 Å². The second kappa shape index (κ2) is 2.18. The van der Waals surface area contributed by atoms with Gasteiger partial charge >= 0.3 is 0 Å². The van der Waals surface area contributed by atoms with Crippen LogP contribution in [0.5, 0.6) is 0 Å². The van der Waals surface area contributed by atoms with Gasteiger partial charge in [-0.1, -0.05) is 0 Å². The van der Waals surface area contributed by atoms with Gasteiger partial charge in [0.05, 0.1) is 6.61 Å². The molecule has 1 fully saturated rings. The van der Waals surface area contributed by atoms with Gasteiger partial charge in [0.15, 0.2) is 5.94 Å². The number of hydrogen-bond acceptors (Lipinski definition) is 4. The van der Waals surface area contributed by atoms with Crippen LogP contribution in [0, 0.1) is 0 Å². The molecule has 10 heavy (non-hydrogen) atoms. The molecule has 60 valence electrons. The quantitative estimate of drug-likeness (QED) is 0.479. The van der Waals surface area contributed by atoms with Crippen molar-refractivity contribution in [3.8, 4) is 0 Å². The molecule has 0 spiro atoms. The zero-order valence-electron chi connectivity index (χ0n) is 5.96. The van der Waals surface area contributed by atoms with Crippen LogP contribution < -0.4 is 0 Å². The second-order valence-electron chi connectivity index (χ2n) is 2.87. The van der Waals surface area contributed by atoms with E-state index in [0.29, 0.717) is 6.61 Å². The van der Waals surface area contributed by atoms with E-state index in [1.165, 1.54) is 0 Å². The summed E-state index contributed by atoms with van der Waals surface area (Å²) in [6.07, 6.45) is 0. The molecule has 0 aromatic rings. The van der Waals surface area contributed by atoms with Gasteiger partial charge in [0.25, 0.3) is 10.1 Å². The van der Waals surface area contributed by atoms with Gasteiger partial charge in [-0.25, -0.2) is 0 Å². The van der Waals surface area contributed by atoms with Gasteiger partial charge in [-0.2, -0.15) is 8.42 Å². The molecule has 0 N–H and O–H groups in total. The molecule has 1 saturated heterocycles. The Bertz CT molecular complexity index is 216. The van der Waals surface area contributed by atoms with Crippen LogP contribution in [0.2, 0.25) is 0 Å². The maximum atomic E-state index is 10.7. The van der Waals surface area contributed by atoms with Gasteiger partial charge < -0.3 is 4.74 Å². The average molecular weight is 166 g/mol. The van der Waals surface area contributed by atoms with Crippen molar-refractivity contribution in [3.63, 3.8) is 0 Å². The summed E-state index contributed by atoms with van der Waals surface area (Å²) >= 11 is 0. The van der Waals surface area contributed by atoms with E-state index in [1.54, 1.807) is 13.8 Å². The third kappa shape index (κ3) is 1.93. The second-order valence-corrected chi connectivity index (χ2v) is 4.38. The molecule has 0 aromatic heterocycles. The normalized spacial score (nSPS) is 29.8. The molecule has 0 aromatic carbocycles. The van der Waals surface area contributed by atoms with E-state index < -0.39 is 15.7 Å². The van der Waals surface area contributed by atoms with Gasteiger partial charge in [-0.05, 0) is 13.8 Å². The number of hydrogen-bond donors (Lipinski definition) is 0. The fourth-order valence-corrected chi connectivity index (χ4v) is 1.85. The zero-order chi connectivity index (χ0) is 7.83. The molecular formula is C5H10O4S. The maximum absolute atomic E-state index is 10.7. The third-order valence-corrected chi connectivity index (χ3v) is 2.19. The largest absolute Gasteiger partial charge is 0.360 e. The van der Waals surface area contributed by atoms with E-state index >= 15 is 0 Å². The highest BCUT2D eigenvalue weighted by molar-refractivity contribution is 7.86. The van der Waals surface area contributed by atoms with Gasteiger partial charge in [0.2, 0.25) is 0 Å². The molecule has 5 heteroatoms. The van der Waals surface area contributed by atoms with E-state index in [1.807, 2.05) is 0 Å². The van der Waals surface area contributed by atoms with E-state index in [4.69, 9.17) is 8.92 Å². The monoisotopic (exact) mass is 166 g/mol. The molecule has 1 heterocycles. The fraction of sp³-hybridized carbons (Fsp3) is 1.00. The molecule has 0 atom stereocenters. The van der Waals surface area contributed by atoms with Gasteiger partial charge in [0, 0.05) is 0 Å². The Morgan fingerprint density at radius 1 is 1.40 bits per heavy atom. The first kappa shape index (κ1) is 7.97. The van der Waals surface area contributed by atoms with Crippen LogP contribution in [0.3, 0.4) is 0 Å². The van der Waals surface area contributed by atoms with Gasteiger partial charge in [0.1, 0.15) is 5.60 Å². The SMILES string of the molecule is CC1(C)COCS(=O)(=O)O1. The minimum Gasteiger partial charge on any atom is -0.360 e. The lowest BCUT2D eigenvalue weighted by Gasteiger charge is -2.28. The predicted molar refractivity (Wildman–Crippen MR) is 34.9 cm³/mol. The highest BCUT2D eigenvalue weighted by Gasteiger charge is 2.32. The first-order valence-electron chi connectivity index (χ1n) is 2.92. The first-order valence-corrected chi connectivity index (χ1v) is 4.50. The smallest absolute Gasteiger partial charge is 0.292 e. The summed E-state index contributed by atoms with van der Waals surface area (Å²) in [6, 6.07) is 0. The minimum absolute atomic E-state index is 0.323. The molecule has 0 aliphatic carbocycles. The van der Waals surface area contributed by atoms with Crippen molar-refractivity contribution in [1.29, 1.82) is 0 Å². The number of ether oxygens (including phenoxy) is 1. The maximum Gasteiger partial charge on any atom is 0.292 e. The lowest BCUT2D eigenvalue weighted by molar-refractivity contribution is -0.0165. The Kier molecular flexibility index (Phi) is 1.74. The summed E-state index contributed by atoms with van der Waals surface area (Å²) in [5, 5.41) is 0. The average Bonchev–Trinajstić information content (AvgIpc) is 1.56. The highest BCUT2D eigenvalue weighted by atomic mass is 32.2. The molecular weight excluding hydrogens is 156 g/mol. The van der Waals surface area contributed by atoms with Crippen LogP contribution in [-0.4, -0.2) is 26.6 Å².